The van der Waals surface area contributed by atoms with Gasteiger partial charge in [0.1, 0.15) is 5.75 Å². The van der Waals surface area contributed by atoms with Gasteiger partial charge in [-0.2, -0.15) is 0 Å². The molecule has 0 amide bonds. The van der Waals surface area contributed by atoms with Crippen molar-refractivity contribution < 1.29 is 9.47 Å². The highest BCUT2D eigenvalue weighted by Crippen LogP contribution is 2.18. The molecule has 0 aromatic heterocycles. The van der Waals surface area contributed by atoms with Crippen LogP contribution in [0.3, 0.4) is 0 Å². The van der Waals surface area contributed by atoms with Gasteiger partial charge in [-0.1, -0.05) is 30.7 Å². The van der Waals surface area contributed by atoms with Gasteiger partial charge in [-0.25, -0.2) is 0 Å². The molecule has 1 unspecified atom stereocenters. The summed E-state index contributed by atoms with van der Waals surface area (Å²) in [4.78, 5) is 0. The van der Waals surface area contributed by atoms with Crippen molar-refractivity contribution >= 4 is 5.57 Å². The lowest BCUT2D eigenvalue weighted by Gasteiger charge is -2.10. The van der Waals surface area contributed by atoms with Crippen molar-refractivity contribution in [3.8, 4) is 5.75 Å². The summed E-state index contributed by atoms with van der Waals surface area (Å²) >= 11 is 0. The molecular formula is C20H30O2. The highest BCUT2D eigenvalue weighted by atomic mass is 16.5. The molecule has 1 atom stereocenters. The molecule has 122 valence electrons. The fourth-order valence-electron chi connectivity index (χ4n) is 2.18. The van der Waals surface area contributed by atoms with Gasteiger partial charge in [-0.05, 0) is 69.2 Å². The topological polar surface area (TPSA) is 18.5 Å². The van der Waals surface area contributed by atoms with E-state index in [4.69, 9.17) is 9.47 Å². The second-order valence-electron chi connectivity index (χ2n) is 6.15. The molecule has 0 radical (unpaired) electrons. The van der Waals surface area contributed by atoms with E-state index >= 15 is 0 Å². The third kappa shape index (κ3) is 7.35. The summed E-state index contributed by atoms with van der Waals surface area (Å²) in [5.41, 5.74) is 3.71. The molecular weight excluding hydrogens is 272 g/mol. The van der Waals surface area contributed by atoms with Crippen molar-refractivity contribution in [2.75, 3.05) is 13.7 Å². The second kappa shape index (κ2) is 10.1. The van der Waals surface area contributed by atoms with Crippen molar-refractivity contribution in [2.24, 2.45) is 5.92 Å². The molecule has 1 aromatic rings. The van der Waals surface area contributed by atoms with Gasteiger partial charge in [0.25, 0.3) is 0 Å². The van der Waals surface area contributed by atoms with Crippen molar-refractivity contribution in [1.82, 2.24) is 0 Å². The maximum absolute atomic E-state index is 5.70. The van der Waals surface area contributed by atoms with E-state index in [1.54, 1.807) is 7.11 Å². The predicted octanol–water partition coefficient (Wildman–Crippen LogP) is 5.85. The standard InChI is InChI=1S/C20H30O2/c1-16(2)7-6-8-17(3)13-14-22-15-18(4)19-9-11-20(21-5)12-10-19/h7,9-12,15,17H,6,8,13-14H2,1-5H3/b18-15+. The highest BCUT2D eigenvalue weighted by molar-refractivity contribution is 5.63. The van der Waals surface area contributed by atoms with Crippen LogP contribution >= 0.6 is 0 Å². The summed E-state index contributed by atoms with van der Waals surface area (Å²) in [6.07, 6.45) is 7.68. The molecule has 0 fully saturated rings. The molecule has 2 nitrogen and oxygen atoms in total. The first-order valence-electron chi connectivity index (χ1n) is 8.09. The molecule has 1 rings (SSSR count). The minimum Gasteiger partial charge on any atom is -0.501 e. The lowest BCUT2D eigenvalue weighted by Crippen LogP contribution is -1.99. The number of rotatable bonds is 9. The van der Waals surface area contributed by atoms with E-state index in [0.717, 1.165) is 29.9 Å². The molecule has 0 aliphatic heterocycles. The van der Waals surface area contributed by atoms with E-state index in [2.05, 4.69) is 45.9 Å². The van der Waals surface area contributed by atoms with E-state index < -0.39 is 0 Å². The van der Waals surface area contributed by atoms with Gasteiger partial charge in [0.2, 0.25) is 0 Å². The minimum atomic E-state index is 0.699. The Hall–Kier alpha value is -1.70. The molecule has 0 aliphatic rings. The average Bonchev–Trinajstić information content (AvgIpc) is 2.51. The van der Waals surface area contributed by atoms with Crippen LogP contribution in [0.2, 0.25) is 0 Å². The third-order valence-corrected chi connectivity index (χ3v) is 3.75. The van der Waals surface area contributed by atoms with Crippen LogP contribution in [0.4, 0.5) is 0 Å². The zero-order chi connectivity index (χ0) is 16.4. The smallest absolute Gasteiger partial charge is 0.118 e. The van der Waals surface area contributed by atoms with E-state index in [-0.39, 0.29) is 0 Å². The van der Waals surface area contributed by atoms with E-state index in [1.807, 2.05) is 18.4 Å². The van der Waals surface area contributed by atoms with Gasteiger partial charge < -0.3 is 9.47 Å². The second-order valence-corrected chi connectivity index (χ2v) is 6.15. The van der Waals surface area contributed by atoms with Crippen LogP contribution in [0.5, 0.6) is 5.75 Å². The average molecular weight is 302 g/mol. The first-order valence-corrected chi connectivity index (χ1v) is 8.09. The largest absolute Gasteiger partial charge is 0.501 e. The number of allylic oxidation sites excluding steroid dienone is 3. The first-order chi connectivity index (χ1) is 10.5. The SMILES string of the molecule is COc1ccc(/C(C)=C/OCCC(C)CCC=C(C)C)cc1. The van der Waals surface area contributed by atoms with Crippen LogP contribution in [-0.2, 0) is 4.74 Å². The molecule has 0 spiro atoms. The first kappa shape index (κ1) is 18.3. The summed E-state index contributed by atoms with van der Waals surface area (Å²) in [6.45, 7) is 9.45. The number of methoxy groups -OCH3 is 1. The fraction of sp³-hybridized carbons (Fsp3) is 0.500. The summed E-state index contributed by atoms with van der Waals surface area (Å²) in [7, 11) is 1.68. The van der Waals surface area contributed by atoms with E-state index in [0.29, 0.717) is 5.92 Å². The molecule has 0 saturated heterocycles. The van der Waals surface area contributed by atoms with Crippen LogP contribution in [-0.4, -0.2) is 13.7 Å². The Bertz CT molecular complexity index is 479. The normalized spacial score (nSPS) is 12.7. The number of ether oxygens (including phenoxy) is 2. The zero-order valence-corrected chi connectivity index (χ0v) is 14.7. The third-order valence-electron chi connectivity index (χ3n) is 3.75. The van der Waals surface area contributed by atoms with Crippen LogP contribution in [0.15, 0.2) is 42.2 Å². The Morgan fingerprint density at radius 3 is 2.36 bits per heavy atom. The monoisotopic (exact) mass is 302 g/mol. The summed E-state index contributed by atoms with van der Waals surface area (Å²) in [6, 6.07) is 8.04. The summed E-state index contributed by atoms with van der Waals surface area (Å²) in [5, 5.41) is 0. The van der Waals surface area contributed by atoms with E-state index in [1.165, 1.54) is 18.4 Å². The van der Waals surface area contributed by atoms with Crippen molar-refractivity contribution in [1.29, 1.82) is 0 Å². The zero-order valence-electron chi connectivity index (χ0n) is 14.7. The van der Waals surface area contributed by atoms with Crippen molar-refractivity contribution in [2.45, 2.75) is 47.0 Å². The highest BCUT2D eigenvalue weighted by Gasteiger charge is 2.01. The maximum atomic E-state index is 5.70. The molecule has 0 heterocycles. The maximum Gasteiger partial charge on any atom is 0.118 e. The molecule has 0 saturated carbocycles. The number of benzene rings is 1. The van der Waals surface area contributed by atoms with Crippen molar-refractivity contribution in [3.05, 3.63) is 47.7 Å². The van der Waals surface area contributed by atoms with Crippen molar-refractivity contribution in [3.63, 3.8) is 0 Å². The summed E-state index contributed by atoms with van der Waals surface area (Å²) in [5.74, 6) is 1.58. The molecule has 2 heteroatoms. The number of hydrogen-bond donors (Lipinski definition) is 0. The van der Waals surface area contributed by atoms with Gasteiger partial charge in [-0.15, -0.1) is 0 Å². The Kier molecular flexibility index (Phi) is 8.42. The Labute approximate surface area is 135 Å². The van der Waals surface area contributed by atoms with Gasteiger partial charge in [0, 0.05) is 0 Å². The quantitative estimate of drug-likeness (QED) is 0.324. The summed E-state index contributed by atoms with van der Waals surface area (Å²) < 4.78 is 10.9. The molecule has 0 N–H and O–H groups in total. The molecule has 22 heavy (non-hydrogen) atoms. The lowest BCUT2D eigenvalue weighted by atomic mass is 10.0. The predicted molar refractivity (Wildman–Crippen MR) is 95.0 cm³/mol. The molecule has 1 aromatic carbocycles. The van der Waals surface area contributed by atoms with Gasteiger partial charge in [0.15, 0.2) is 0 Å². The van der Waals surface area contributed by atoms with Crippen LogP contribution in [0, 0.1) is 5.92 Å². The van der Waals surface area contributed by atoms with Crippen LogP contribution in [0.1, 0.15) is 52.5 Å². The fourth-order valence-corrected chi connectivity index (χ4v) is 2.18. The minimum absolute atomic E-state index is 0.699. The van der Waals surface area contributed by atoms with Crippen LogP contribution in [0.25, 0.3) is 5.57 Å². The van der Waals surface area contributed by atoms with Gasteiger partial charge >= 0.3 is 0 Å². The number of hydrogen-bond acceptors (Lipinski definition) is 2. The molecule has 0 bridgehead atoms. The lowest BCUT2D eigenvalue weighted by molar-refractivity contribution is 0.224. The Balaban J connectivity index is 2.30. The Morgan fingerprint density at radius 2 is 1.77 bits per heavy atom. The molecule has 0 aliphatic carbocycles. The van der Waals surface area contributed by atoms with Gasteiger partial charge in [-0.3, -0.25) is 0 Å². The Morgan fingerprint density at radius 1 is 1.09 bits per heavy atom. The van der Waals surface area contributed by atoms with E-state index in [9.17, 15) is 0 Å². The van der Waals surface area contributed by atoms with Crippen LogP contribution < -0.4 is 4.74 Å². The van der Waals surface area contributed by atoms with Gasteiger partial charge in [0.05, 0.1) is 20.0 Å².